The van der Waals surface area contributed by atoms with E-state index >= 15 is 0 Å². The molecule has 0 radical (unpaired) electrons. The summed E-state index contributed by atoms with van der Waals surface area (Å²) >= 11 is 0. The van der Waals surface area contributed by atoms with Gasteiger partial charge < -0.3 is 9.88 Å². The van der Waals surface area contributed by atoms with Gasteiger partial charge in [0.1, 0.15) is 0 Å². The number of benzene rings is 1. The number of nitrogens with one attached hydrogen (secondary N) is 1. The van der Waals surface area contributed by atoms with Crippen molar-refractivity contribution in [2.24, 2.45) is 7.05 Å². The number of anilines is 1. The number of pyridine rings is 1. The third-order valence-corrected chi connectivity index (χ3v) is 3.90. The zero-order valence-electron chi connectivity index (χ0n) is 11.3. The first-order valence-corrected chi connectivity index (χ1v) is 6.55. The molecule has 0 amide bonds. The van der Waals surface area contributed by atoms with Gasteiger partial charge in [-0.05, 0) is 25.8 Å². The predicted molar refractivity (Wildman–Crippen MR) is 77.2 cm³/mol. The lowest BCUT2D eigenvalue weighted by atomic mass is 9.97. The number of non-ortho nitro benzene ring substituents is 1. The van der Waals surface area contributed by atoms with Gasteiger partial charge in [0.15, 0.2) is 0 Å². The average molecular weight is 273 g/mol. The van der Waals surface area contributed by atoms with Crippen molar-refractivity contribution in [1.82, 2.24) is 4.57 Å². The largest absolute Gasteiger partial charge is 0.382 e. The summed E-state index contributed by atoms with van der Waals surface area (Å²) in [6.45, 7) is 2.05. The van der Waals surface area contributed by atoms with Crippen molar-refractivity contribution in [3.63, 3.8) is 0 Å². The molecule has 104 valence electrons. The molecule has 0 fully saturated rings. The number of rotatable bonds is 1. The maximum absolute atomic E-state index is 12.3. The average Bonchev–Trinajstić information content (AvgIpc) is 2.44. The molecule has 1 atom stereocenters. The molecule has 1 N–H and O–H groups in total. The van der Waals surface area contributed by atoms with E-state index in [1.54, 1.807) is 23.7 Å². The van der Waals surface area contributed by atoms with Crippen molar-refractivity contribution < 1.29 is 4.92 Å². The molecule has 2 heterocycles. The van der Waals surface area contributed by atoms with Crippen molar-refractivity contribution in [2.45, 2.75) is 25.8 Å². The lowest BCUT2D eigenvalue weighted by Gasteiger charge is -2.25. The van der Waals surface area contributed by atoms with E-state index < -0.39 is 4.92 Å². The van der Waals surface area contributed by atoms with Gasteiger partial charge in [-0.2, -0.15) is 0 Å². The zero-order chi connectivity index (χ0) is 14.4. The van der Waals surface area contributed by atoms with Crippen LogP contribution < -0.4 is 10.9 Å². The standard InChI is InChI=1S/C14H15N3O3/c1-8-3-5-10-13(15-8)11-7-9(17(19)20)4-6-12(11)16(2)14(10)18/h4,6-8,15H,3,5H2,1-2H3. The Balaban J connectivity index is 2.40. The van der Waals surface area contributed by atoms with Gasteiger partial charge in [0.25, 0.3) is 11.2 Å². The van der Waals surface area contributed by atoms with Crippen molar-refractivity contribution in [2.75, 3.05) is 5.32 Å². The van der Waals surface area contributed by atoms with Crippen molar-refractivity contribution in [3.05, 3.63) is 44.2 Å². The lowest BCUT2D eigenvalue weighted by molar-refractivity contribution is -0.384. The number of nitrogens with zero attached hydrogens (tertiary/aromatic N) is 2. The molecule has 0 aliphatic carbocycles. The Morgan fingerprint density at radius 3 is 2.90 bits per heavy atom. The molecule has 1 aromatic carbocycles. The fourth-order valence-corrected chi connectivity index (χ4v) is 2.79. The highest BCUT2D eigenvalue weighted by Crippen LogP contribution is 2.32. The van der Waals surface area contributed by atoms with Gasteiger partial charge in [-0.1, -0.05) is 0 Å². The fraction of sp³-hybridized carbons (Fsp3) is 0.357. The maximum atomic E-state index is 12.3. The number of nitro benzene ring substituents is 1. The van der Waals surface area contributed by atoms with Crippen LogP contribution in [-0.2, 0) is 13.5 Å². The van der Waals surface area contributed by atoms with E-state index in [0.29, 0.717) is 11.9 Å². The SMILES string of the molecule is CC1CCc2c(c3cc([N+](=O)[O-])ccc3n(C)c2=O)N1. The number of hydrogen-bond acceptors (Lipinski definition) is 4. The molecule has 20 heavy (non-hydrogen) atoms. The van der Waals surface area contributed by atoms with Gasteiger partial charge >= 0.3 is 0 Å². The Morgan fingerprint density at radius 1 is 1.45 bits per heavy atom. The van der Waals surface area contributed by atoms with Crippen molar-refractivity contribution in [1.29, 1.82) is 0 Å². The molecule has 6 nitrogen and oxygen atoms in total. The second-order valence-electron chi connectivity index (χ2n) is 5.26. The normalized spacial score (nSPS) is 17.6. The van der Waals surface area contributed by atoms with Crippen LogP contribution in [0, 0.1) is 10.1 Å². The van der Waals surface area contributed by atoms with E-state index in [1.807, 2.05) is 6.92 Å². The van der Waals surface area contributed by atoms with E-state index in [1.165, 1.54) is 6.07 Å². The minimum atomic E-state index is -0.413. The summed E-state index contributed by atoms with van der Waals surface area (Å²) in [6.07, 6.45) is 1.59. The molecule has 0 saturated carbocycles. The van der Waals surface area contributed by atoms with Crippen LogP contribution >= 0.6 is 0 Å². The summed E-state index contributed by atoms with van der Waals surface area (Å²) in [5, 5.41) is 15.0. The van der Waals surface area contributed by atoms with Gasteiger partial charge in [0.05, 0.1) is 16.1 Å². The predicted octanol–water partition coefficient (Wildman–Crippen LogP) is 2.19. The minimum Gasteiger partial charge on any atom is -0.382 e. The molecule has 0 saturated heterocycles. The first-order chi connectivity index (χ1) is 9.49. The van der Waals surface area contributed by atoms with E-state index in [0.717, 1.165) is 23.1 Å². The Kier molecular flexibility index (Phi) is 2.74. The number of hydrogen-bond donors (Lipinski definition) is 1. The van der Waals surface area contributed by atoms with Crippen LogP contribution in [-0.4, -0.2) is 15.5 Å². The third-order valence-electron chi connectivity index (χ3n) is 3.90. The smallest absolute Gasteiger partial charge is 0.270 e. The van der Waals surface area contributed by atoms with Gasteiger partial charge in [-0.25, -0.2) is 0 Å². The minimum absolute atomic E-state index is 0.0271. The first-order valence-electron chi connectivity index (χ1n) is 6.55. The molecule has 1 aliphatic rings. The Hall–Kier alpha value is -2.37. The highest BCUT2D eigenvalue weighted by atomic mass is 16.6. The van der Waals surface area contributed by atoms with Crippen LogP contribution in [0.5, 0.6) is 0 Å². The molecule has 2 aromatic rings. The summed E-state index contributed by atoms with van der Waals surface area (Å²) in [5.74, 6) is 0. The van der Waals surface area contributed by atoms with Crippen LogP contribution in [0.15, 0.2) is 23.0 Å². The van der Waals surface area contributed by atoms with E-state index in [2.05, 4.69) is 5.32 Å². The second-order valence-corrected chi connectivity index (χ2v) is 5.26. The Morgan fingerprint density at radius 2 is 2.20 bits per heavy atom. The number of aromatic nitrogens is 1. The van der Waals surface area contributed by atoms with Gasteiger partial charge in [-0.15, -0.1) is 0 Å². The molecule has 3 rings (SSSR count). The van der Waals surface area contributed by atoms with Crippen molar-refractivity contribution >= 4 is 22.3 Å². The summed E-state index contributed by atoms with van der Waals surface area (Å²) in [4.78, 5) is 22.9. The molecule has 1 unspecified atom stereocenters. The van der Waals surface area contributed by atoms with Crippen LogP contribution in [0.3, 0.4) is 0 Å². The molecular formula is C14H15N3O3. The van der Waals surface area contributed by atoms with Crippen molar-refractivity contribution in [3.8, 4) is 0 Å². The molecule has 0 spiro atoms. The number of fused-ring (bicyclic) bond motifs is 3. The van der Waals surface area contributed by atoms with Crippen LogP contribution in [0.2, 0.25) is 0 Å². The second kappa shape index (κ2) is 4.33. The van der Waals surface area contributed by atoms with E-state index in [4.69, 9.17) is 0 Å². The van der Waals surface area contributed by atoms with Gasteiger partial charge in [-0.3, -0.25) is 14.9 Å². The molecule has 1 aliphatic heterocycles. The summed E-state index contributed by atoms with van der Waals surface area (Å²) in [6, 6.07) is 4.87. The topological polar surface area (TPSA) is 77.2 Å². The Bertz CT molecular complexity index is 779. The lowest BCUT2D eigenvalue weighted by Crippen LogP contribution is -2.31. The third kappa shape index (κ3) is 1.76. The monoisotopic (exact) mass is 273 g/mol. The molecule has 0 bridgehead atoms. The van der Waals surface area contributed by atoms with Crippen LogP contribution in [0.4, 0.5) is 11.4 Å². The molecule has 1 aromatic heterocycles. The van der Waals surface area contributed by atoms with E-state index in [-0.39, 0.29) is 17.3 Å². The molecular weight excluding hydrogens is 258 g/mol. The summed E-state index contributed by atoms with van der Waals surface area (Å²) < 4.78 is 1.57. The first kappa shape index (κ1) is 12.7. The maximum Gasteiger partial charge on any atom is 0.270 e. The zero-order valence-corrected chi connectivity index (χ0v) is 11.3. The summed E-state index contributed by atoms with van der Waals surface area (Å²) in [7, 11) is 1.70. The van der Waals surface area contributed by atoms with Gasteiger partial charge in [0, 0.05) is 36.2 Å². The Labute approximate surface area is 115 Å². The highest BCUT2D eigenvalue weighted by Gasteiger charge is 2.22. The highest BCUT2D eigenvalue weighted by molar-refractivity contribution is 5.95. The number of nitro groups is 1. The van der Waals surface area contributed by atoms with Gasteiger partial charge in [0.2, 0.25) is 0 Å². The summed E-state index contributed by atoms with van der Waals surface area (Å²) in [5.41, 5.74) is 2.20. The molecule has 6 heteroatoms. The fourth-order valence-electron chi connectivity index (χ4n) is 2.79. The van der Waals surface area contributed by atoms with Crippen LogP contribution in [0.25, 0.3) is 10.9 Å². The van der Waals surface area contributed by atoms with Crippen LogP contribution in [0.1, 0.15) is 18.9 Å². The number of aryl methyl sites for hydroxylation is 1. The van der Waals surface area contributed by atoms with E-state index in [9.17, 15) is 14.9 Å². The quantitative estimate of drug-likeness (QED) is 0.638.